The van der Waals surface area contributed by atoms with Crippen molar-refractivity contribution < 1.29 is 31.3 Å². The molecular weight excluding hydrogens is 512 g/mol. The zero-order chi connectivity index (χ0) is 24.7. The second kappa shape index (κ2) is 11.0. The molecule has 0 saturated carbocycles. The summed E-state index contributed by atoms with van der Waals surface area (Å²) in [5.74, 6) is 0. The lowest BCUT2D eigenvalue weighted by molar-refractivity contribution is -0.0757. The Morgan fingerprint density at radius 2 is 1.64 bits per heavy atom. The summed E-state index contributed by atoms with van der Waals surface area (Å²) in [6.45, 7) is -1.59. The van der Waals surface area contributed by atoms with Gasteiger partial charge in [0.2, 0.25) is 20.0 Å². The number of rotatable bonds is 14. The second-order valence-corrected chi connectivity index (χ2v) is 10.8. The van der Waals surface area contributed by atoms with Crippen LogP contribution in [-0.2, 0) is 34.6 Å². The van der Waals surface area contributed by atoms with Crippen LogP contribution in [-0.4, -0.2) is 54.2 Å². The van der Waals surface area contributed by atoms with Gasteiger partial charge in [-0.25, -0.2) is 22.0 Å². The Bertz CT molecular complexity index is 1070. The van der Waals surface area contributed by atoms with Gasteiger partial charge in [-0.3, -0.25) is 0 Å². The number of halogens is 1. The molecule has 16 nitrogen and oxygen atoms in total. The Labute approximate surface area is 192 Å². The lowest BCUT2D eigenvalue weighted by Crippen LogP contribution is -2.42. The summed E-state index contributed by atoms with van der Waals surface area (Å²) in [7, 11) is -8.44. The number of hydrogen-bond donors (Lipinski definition) is 2. The van der Waals surface area contributed by atoms with Crippen LogP contribution < -0.4 is 10.5 Å². The standard InChI is InChI=1S/C14H19ClN6O10S2/c15-10-4-11-13(5-12(10)32(16,25)26)33(27,28)21(9-17-11)3-1-2-14(6-29-18-22,7-30-19-23)8-31-20-24/h4-5,17H,1-3,6-9H2,(H2,16,25,26). The van der Waals surface area contributed by atoms with E-state index in [1.54, 1.807) is 0 Å². The number of fused-ring (bicyclic) bond motifs is 1. The first-order valence-corrected chi connectivity index (χ1v) is 12.3. The summed E-state index contributed by atoms with van der Waals surface area (Å²) >= 11 is 5.90. The van der Waals surface area contributed by atoms with Crippen LogP contribution in [0.15, 0.2) is 37.9 Å². The fourth-order valence-corrected chi connectivity index (χ4v) is 5.89. The van der Waals surface area contributed by atoms with Crippen LogP contribution in [0, 0.1) is 20.1 Å². The third-order valence-electron chi connectivity index (χ3n) is 4.79. The average Bonchev–Trinajstić information content (AvgIpc) is 2.74. The topological polar surface area (TPSA) is 226 Å². The van der Waals surface area contributed by atoms with Crippen molar-refractivity contribution in [2.75, 3.05) is 38.4 Å². The molecule has 0 radical (unpaired) electrons. The fourth-order valence-electron chi connectivity index (χ4n) is 3.16. The predicted octanol–water partition coefficient (Wildman–Crippen LogP) is 1.22. The molecule has 0 unspecified atom stereocenters. The Morgan fingerprint density at radius 3 is 2.12 bits per heavy atom. The zero-order valence-electron chi connectivity index (χ0n) is 16.7. The van der Waals surface area contributed by atoms with Crippen molar-refractivity contribution in [3.8, 4) is 0 Å². The molecule has 1 aliphatic rings. The summed E-state index contributed by atoms with van der Waals surface area (Å²) in [6.07, 6.45) is 0.119. The molecule has 33 heavy (non-hydrogen) atoms. The van der Waals surface area contributed by atoms with E-state index in [2.05, 4.69) is 35.9 Å². The minimum atomic E-state index is -4.29. The van der Waals surface area contributed by atoms with Crippen molar-refractivity contribution in [2.24, 2.45) is 26.6 Å². The van der Waals surface area contributed by atoms with E-state index in [9.17, 15) is 31.6 Å². The molecule has 1 heterocycles. The zero-order valence-corrected chi connectivity index (χ0v) is 19.1. The molecule has 0 bridgehead atoms. The lowest BCUT2D eigenvalue weighted by atomic mass is 9.85. The molecule has 0 saturated heterocycles. The average molecular weight is 531 g/mol. The summed E-state index contributed by atoms with van der Waals surface area (Å²) < 4.78 is 50.5. The molecule has 0 amide bonds. The molecule has 0 fully saturated rings. The number of nitrogens with two attached hydrogens (primary N) is 1. The van der Waals surface area contributed by atoms with Crippen LogP contribution in [0.5, 0.6) is 0 Å². The highest BCUT2D eigenvalue weighted by molar-refractivity contribution is 7.90. The molecule has 19 heteroatoms. The van der Waals surface area contributed by atoms with Crippen LogP contribution >= 0.6 is 11.6 Å². The number of sulfonamides is 2. The van der Waals surface area contributed by atoms with Crippen LogP contribution in [0.1, 0.15) is 12.8 Å². The molecule has 0 aromatic heterocycles. The Balaban J connectivity index is 2.23. The smallest absolute Gasteiger partial charge is 0.246 e. The quantitative estimate of drug-likeness (QED) is 0.256. The molecule has 0 aliphatic carbocycles. The Hall–Kier alpha value is -2.67. The molecule has 0 atom stereocenters. The van der Waals surface area contributed by atoms with Gasteiger partial charge in [-0.2, -0.15) is 4.31 Å². The van der Waals surface area contributed by atoms with Gasteiger partial charge in [-0.05, 0) is 25.0 Å². The van der Waals surface area contributed by atoms with Gasteiger partial charge >= 0.3 is 0 Å². The van der Waals surface area contributed by atoms with Gasteiger partial charge < -0.3 is 19.8 Å². The van der Waals surface area contributed by atoms with Gasteiger partial charge in [0.05, 0.1) is 22.8 Å². The second-order valence-electron chi connectivity index (χ2n) is 6.99. The summed E-state index contributed by atoms with van der Waals surface area (Å²) in [6, 6.07) is 2.01. The fraction of sp³-hybridized carbons (Fsp3) is 0.571. The van der Waals surface area contributed by atoms with E-state index in [0.29, 0.717) is 0 Å². The minimum absolute atomic E-state index is 0.0233. The van der Waals surface area contributed by atoms with Gasteiger partial charge in [-0.15, -0.1) is 14.7 Å². The van der Waals surface area contributed by atoms with E-state index in [1.165, 1.54) is 0 Å². The Kier molecular flexibility index (Phi) is 8.83. The number of anilines is 1. The molecule has 1 aliphatic heterocycles. The highest BCUT2D eigenvalue weighted by atomic mass is 35.5. The highest BCUT2D eigenvalue weighted by Gasteiger charge is 2.37. The van der Waals surface area contributed by atoms with Crippen LogP contribution in [0.3, 0.4) is 0 Å². The number of nitrogens with one attached hydrogen (secondary N) is 1. The first-order chi connectivity index (χ1) is 15.5. The Morgan fingerprint density at radius 1 is 1.09 bits per heavy atom. The SMILES string of the molecule is NS(=O)(=O)c1cc2c(cc1Cl)NCN(CCCC(CON=O)(CON=O)CON=O)S2(=O)=O. The van der Waals surface area contributed by atoms with Gasteiger partial charge in [0.15, 0.2) is 16.0 Å². The lowest BCUT2D eigenvalue weighted by Gasteiger charge is -2.32. The molecule has 184 valence electrons. The predicted molar refractivity (Wildman–Crippen MR) is 112 cm³/mol. The van der Waals surface area contributed by atoms with E-state index in [1.807, 2.05) is 0 Å². The monoisotopic (exact) mass is 530 g/mol. The van der Waals surface area contributed by atoms with E-state index in [-0.39, 0.29) is 41.7 Å². The maximum Gasteiger partial charge on any atom is 0.246 e. The van der Waals surface area contributed by atoms with E-state index >= 15 is 0 Å². The van der Waals surface area contributed by atoms with Gasteiger partial charge in [0, 0.05) is 6.54 Å². The highest BCUT2D eigenvalue weighted by Crippen LogP contribution is 2.36. The number of benzene rings is 1. The van der Waals surface area contributed by atoms with Crippen LogP contribution in [0.25, 0.3) is 0 Å². The third-order valence-corrected chi connectivity index (χ3v) is 8.05. The number of hydrogen-bond acceptors (Lipinski definition) is 14. The van der Waals surface area contributed by atoms with Crippen molar-refractivity contribution in [3.05, 3.63) is 31.9 Å². The summed E-state index contributed by atoms with van der Waals surface area (Å²) in [4.78, 5) is 43.6. The normalized spacial score (nSPS) is 15.6. The first kappa shape index (κ1) is 26.6. The van der Waals surface area contributed by atoms with Crippen molar-refractivity contribution >= 4 is 37.3 Å². The summed E-state index contributed by atoms with van der Waals surface area (Å²) in [5.41, 5.74) is -1.19. The van der Waals surface area contributed by atoms with E-state index in [0.717, 1.165) is 16.4 Å². The summed E-state index contributed by atoms with van der Waals surface area (Å²) in [5, 5.41) is 14.4. The first-order valence-electron chi connectivity index (χ1n) is 8.95. The molecule has 2 rings (SSSR count). The van der Waals surface area contributed by atoms with Gasteiger partial charge in [-0.1, -0.05) is 11.6 Å². The maximum absolute atomic E-state index is 13.0. The molecule has 1 aromatic carbocycles. The number of primary sulfonamides is 1. The molecule has 3 N–H and O–H groups in total. The van der Waals surface area contributed by atoms with Crippen molar-refractivity contribution in [3.63, 3.8) is 0 Å². The molecule has 1 aromatic rings. The molecule has 0 spiro atoms. The maximum atomic E-state index is 13.0. The van der Waals surface area contributed by atoms with Crippen molar-refractivity contribution in [2.45, 2.75) is 22.6 Å². The minimum Gasteiger partial charge on any atom is -0.370 e. The largest absolute Gasteiger partial charge is 0.370 e. The van der Waals surface area contributed by atoms with Crippen molar-refractivity contribution in [1.82, 2.24) is 4.31 Å². The van der Waals surface area contributed by atoms with Gasteiger partial charge in [0.25, 0.3) is 0 Å². The van der Waals surface area contributed by atoms with Crippen LogP contribution in [0.4, 0.5) is 5.69 Å². The number of nitrogens with zero attached hydrogens (tertiary/aromatic N) is 4. The third kappa shape index (κ3) is 6.44. The molecular formula is C14H19ClN6O10S2. The van der Waals surface area contributed by atoms with Gasteiger partial charge in [0.1, 0.15) is 29.6 Å². The van der Waals surface area contributed by atoms with Crippen molar-refractivity contribution in [1.29, 1.82) is 0 Å². The van der Waals surface area contributed by atoms with E-state index < -0.39 is 50.2 Å². The van der Waals surface area contributed by atoms with E-state index in [4.69, 9.17) is 16.7 Å². The van der Waals surface area contributed by atoms with Crippen LogP contribution in [0.2, 0.25) is 5.02 Å².